The van der Waals surface area contributed by atoms with E-state index in [4.69, 9.17) is 13.9 Å². The SMILES string of the molecule is Cc1ccoc1C(=O)c1cc2c(cc1Br)OCCCO2. The van der Waals surface area contributed by atoms with Crippen LogP contribution in [-0.2, 0) is 0 Å². The van der Waals surface area contributed by atoms with Crippen LogP contribution in [0.25, 0.3) is 0 Å². The first-order chi connectivity index (χ1) is 9.66. The molecule has 20 heavy (non-hydrogen) atoms. The van der Waals surface area contributed by atoms with Gasteiger partial charge < -0.3 is 13.9 Å². The highest BCUT2D eigenvalue weighted by Gasteiger charge is 2.22. The highest BCUT2D eigenvalue weighted by atomic mass is 79.9. The van der Waals surface area contributed by atoms with Gasteiger partial charge in [-0.2, -0.15) is 0 Å². The van der Waals surface area contributed by atoms with Crippen molar-refractivity contribution in [3.05, 3.63) is 45.8 Å². The number of fused-ring (bicyclic) bond motifs is 1. The Labute approximate surface area is 124 Å². The summed E-state index contributed by atoms with van der Waals surface area (Å²) in [5.41, 5.74) is 1.32. The molecular weight excluding hydrogens is 324 g/mol. The summed E-state index contributed by atoms with van der Waals surface area (Å²) in [6, 6.07) is 5.24. The van der Waals surface area contributed by atoms with E-state index in [0.29, 0.717) is 40.5 Å². The Morgan fingerprint density at radius 3 is 2.55 bits per heavy atom. The smallest absolute Gasteiger partial charge is 0.229 e. The zero-order chi connectivity index (χ0) is 14.1. The Morgan fingerprint density at radius 2 is 1.90 bits per heavy atom. The number of rotatable bonds is 2. The molecule has 0 amide bonds. The zero-order valence-corrected chi connectivity index (χ0v) is 12.5. The van der Waals surface area contributed by atoms with Crippen molar-refractivity contribution in [2.24, 2.45) is 0 Å². The predicted molar refractivity (Wildman–Crippen MR) is 76.6 cm³/mol. The van der Waals surface area contributed by atoms with Crippen LogP contribution in [0.2, 0.25) is 0 Å². The van der Waals surface area contributed by atoms with E-state index in [1.165, 1.54) is 6.26 Å². The van der Waals surface area contributed by atoms with Crippen LogP contribution in [-0.4, -0.2) is 19.0 Å². The summed E-state index contributed by atoms with van der Waals surface area (Å²) in [5.74, 6) is 1.43. The minimum Gasteiger partial charge on any atom is -0.490 e. The van der Waals surface area contributed by atoms with Gasteiger partial charge in [0.1, 0.15) is 0 Å². The van der Waals surface area contributed by atoms with Crippen LogP contribution in [0.1, 0.15) is 28.1 Å². The molecule has 0 radical (unpaired) electrons. The second kappa shape index (κ2) is 5.32. The molecule has 5 heteroatoms. The molecule has 1 aliphatic heterocycles. The van der Waals surface area contributed by atoms with E-state index in [-0.39, 0.29) is 5.78 Å². The number of hydrogen-bond acceptors (Lipinski definition) is 4. The molecule has 4 nitrogen and oxygen atoms in total. The van der Waals surface area contributed by atoms with Crippen LogP contribution in [0.15, 0.2) is 33.4 Å². The van der Waals surface area contributed by atoms with Crippen LogP contribution in [0.3, 0.4) is 0 Å². The molecule has 1 aromatic heterocycles. The number of carbonyl (C=O) groups excluding carboxylic acids is 1. The van der Waals surface area contributed by atoms with Crippen molar-refractivity contribution in [1.82, 2.24) is 0 Å². The number of carbonyl (C=O) groups is 1. The maximum atomic E-state index is 12.5. The average Bonchev–Trinajstić information content (AvgIpc) is 2.72. The van der Waals surface area contributed by atoms with Crippen LogP contribution in [0, 0.1) is 6.92 Å². The minimum absolute atomic E-state index is 0.171. The first-order valence-corrected chi connectivity index (χ1v) is 7.14. The van der Waals surface area contributed by atoms with Gasteiger partial charge in [0.15, 0.2) is 17.3 Å². The van der Waals surface area contributed by atoms with E-state index in [1.807, 2.05) is 6.92 Å². The van der Waals surface area contributed by atoms with E-state index in [0.717, 1.165) is 12.0 Å². The molecule has 0 saturated heterocycles. The summed E-state index contributed by atoms with van der Waals surface area (Å²) in [6.07, 6.45) is 2.34. The van der Waals surface area contributed by atoms with Crippen LogP contribution >= 0.6 is 15.9 Å². The first-order valence-electron chi connectivity index (χ1n) is 6.35. The maximum absolute atomic E-state index is 12.5. The Morgan fingerprint density at radius 1 is 1.20 bits per heavy atom. The molecule has 0 saturated carbocycles. The fourth-order valence-electron chi connectivity index (χ4n) is 2.09. The fourth-order valence-corrected chi connectivity index (χ4v) is 2.59. The largest absolute Gasteiger partial charge is 0.490 e. The summed E-state index contributed by atoms with van der Waals surface area (Å²) < 4.78 is 17.1. The van der Waals surface area contributed by atoms with Gasteiger partial charge in [0, 0.05) is 16.5 Å². The van der Waals surface area contributed by atoms with Gasteiger partial charge >= 0.3 is 0 Å². The molecule has 0 atom stereocenters. The Bertz CT molecular complexity index is 660. The van der Waals surface area contributed by atoms with Crippen LogP contribution < -0.4 is 9.47 Å². The molecule has 3 rings (SSSR count). The Kier molecular flexibility index (Phi) is 3.53. The molecule has 0 aliphatic carbocycles. The number of aryl methyl sites for hydroxylation is 1. The summed E-state index contributed by atoms with van der Waals surface area (Å²) in [5, 5.41) is 0. The lowest BCUT2D eigenvalue weighted by molar-refractivity contribution is 0.101. The van der Waals surface area contributed by atoms with Crippen molar-refractivity contribution in [2.75, 3.05) is 13.2 Å². The van der Waals surface area contributed by atoms with Gasteiger partial charge in [-0.3, -0.25) is 4.79 Å². The lowest BCUT2D eigenvalue weighted by Gasteiger charge is -2.10. The molecule has 0 bridgehead atoms. The summed E-state index contributed by atoms with van der Waals surface area (Å²) in [4.78, 5) is 12.5. The predicted octanol–water partition coefficient (Wildman–Crippen LogP) is 3.74. The van der Waals surface area contributed by atoms with Crippen molar-refractivity contribution in [2.45, 2.75) is 13.3 Å². The van der Waals surface area contributed by atoms with Crippen LogP contribution in [0.5, 0.6) is 11.5 Å². The number of halogens is 1. The highest BCUT2D eigenvalue weighted by Crippen LogP contribution is 2.36. The lowest BCUT2D eigenvalue weighted by atomic mass is 10.1. The lowest BCUT2D eigenvalue weighted by Crippen LogP contribution is -2.04. The van der Waals surface area contributed by atoms with Gasteiger partial charge in [0.2, 0.25) is 5.78 Å². The van der Waals surface area contributed by atoms with Gasteiger partial charge in [-0.25, -0.2) is 0 Å². The highest BCUT2D eigenvalue weighted by molar-refractivity contribution is 9.10. The van der Waals surface area contributed by atoms with E-state index < -0.39 is 0 Å². The van der Waals surface area contributed by atoms with Crippen molar-refractivity contribution in [3.8, 4) is 11.5 Å². The third kappa shape index (κ3) is 2.33. The van der Waals surface area contributed by atoms with Gasteiger partial charge in [0.25, 0.3) is 0 Å². The topological polar surface area (TPSA) is 48.7 Å². The van der Waals surface area contributed by atoms with Gasteiger partial charge in [0.05, 0.1) is 19.5 Å². The van der Waals surface area contributed by atoms with E-state index in [1.54, 1.807) is 18.2 Å². The third-order valence-electron chi connectivity index (χ3n) is 3.15. The quantitative estimate of drug-likeness (QED) is 0.784. The number of hydrogen-bond donors (Lipinski definition) is 0. The van der Waals surface area contributed by atoms with Crippen LogP contribution in [0.4, 0.5) is 0 Å². The van der Waals surface area contributed by atoms with Crippen molar-refractivity contribution < 1.29 is 18.7 Å². The van der Waals surface area contributed by atoms with Crippen molar-refractivity contribution in [3.63, 3.8) is 0 Å². The van der Waals surface area contributed by atoms with Gasteiger partial charge in [-0.15, -0.1) is 0 Å². The molecular formula is C15H13BrO4. The molecule has 0 unspecified atom stereocenters. The van der Waals surface area contributed by atoms with E-state index in [2.05, 4.69) is 15.9 Å². The summed E-state index contributed by atoms with van der Waals surface area (Å²) in [7, 11) is 0. The Hall–Kier alpha value is -1.75. The van der Waals surface area contributed by atoms with Gasteiger partial charge in [-0.1, -0.05) is 0 Å². The van der Waals surface area contributed by atoms with Crippen molar-refractivity contribution in [1.29, 1.82) is 0 Å². The second-order valence-corrected chi connectivity index (χ2v) is 5.45. The standard InChI is InChI=1S/C15H13BrO4/c1-9-3-6-20-15(9)14(17)10-7-12-13(8-11(10)16)19-5-2-4-18-12/h3,6-8H,2,4-5H2,1H3. The zero-order valence-electron chi connectivity index (χ0n) is 10.9. The number of ether oxygens (including phenoxy) is 2. The Balaban J connectivity index is 2.04. The van der Waals surface area contributed by atoms with Gasteiger partial charge in [-0.05, 0) is 46.6 Å². The molecule has 2 aromatic rings. The minimum atomic E-state index is -0.171. The van der Waals surface area contributed by atoms with E-state index in [9.17, 15) is 4.79 Å². The maximum Gasteiger partial charge on any atom is 0.229 e. The molecule has 2 heterocycles. The molecule has 1 aromatic carbocycles. The summed E-state index contributed by atoms with van der Waals surface area (Å²) >= 11 is 3.41. The molecule has 1 aliphatic rings. The van der Waals surface area contributed by atoms with Crippen molar-refractivity contribution >= 4 is 21.7 Å². The normalized spacial score (nSPS) is 13.9. The average molecular weight is 337 g/mol. The first kappa shape index (κ1) is 13.2. The number of furan rings is 1. The molecule has 0 fully saturated rings. The summed E-state index contributed by atoms with van der Waals surface area (Å²) in [6.45, 7) is 3.04. The monoisotopic (exact) mass is 336 g/mol. The third-order valence-corrected chi connectivity index (χ3v) is 3.81. The molecule has 0 spiro atoms. The molecule has 0 N–H and O–H groups in total. The number of ketones is 1. The van der Waals surface area contributed by atoms with E-state index >= 15 is 0 Å². The number of benzene rings is 1. The second-order valence-electron chi connectivity index (χ2n) is 4.59. The molecule has 104 valence electrons. The fraction of sp³-hybridized carbons (Fsp3) is 0.267.